The highest BCUT2D eigenvalue weighted by Crippen LogP contribution is 2.14. The van der Waals surface area contributed by atoms with Gasteiger partial charge in [-0.25, -0.2) is 4.98 Å². The van der Waals surface area contributed by atoms with Gasteiger partial charge in [0.25, 0.3) is 0 Å². The molecule has 0 aliphatic carbocycles. The normalized spacial score (nSPS) is 11.2. The summed E-state index contributed by atoms with van der Waals surface area (Å²) < 4.78 is 7.26. The van der Waals surface area contributed by atoms with Crippen LogP contribution in [0.1, 0.15) is 37.0 Å². The quantitative estimate of drug-likeness (QED) is 0.772. The summed E-state index contributed by atoms with van der Waals surface area (Å²) in [5.74, 6) is 2.36. The molecule has 15 heavy (non-hydrogen) atoms. The van der Waals surface area contributed by atoms with E-state index in [2.05, 4.69) is 28.6 Å². The SMILES string of the molecule is Cc1cc(Cn2ccnc2C(C)C)on1. The molecule has 0 unspecified atom stereocenters. The summed E-state index contributed by atoms with van der Waals surface area (Å²) in [6, 6.07) is 1.95. The number of rotatable bonds is 3. The Morgan fingerprint density at radius 2 is 2.27 bits per heavy atom. The number of nitrogens with zero attached hydrogens (tertiary/aromatic N) is 3. The molecular formula is C11H15N3O. The zero-order chi connectivity index (χ0) is 10.8. The molecule has 2 aromatic rings. The number of aromatic nitrogens is 3. The first-order valence-electron chi connectivity index (χ1n) is 5.10. The van der Waals surface area contributed by atoms with E-state index in [1.54, 1.807) is 0 Å². The van der Waals surface area contributed by atoms with Crippen molar-refractivity contribution >= 4 is 0 Å². The fraction of sp³-hybridized carbons (Fsp3) is 0.455. The van der Waals surface area contributed by atoms with Crippen molar-refractivity contribution in [2.24, 2.45) is 0 Å². The number of hydrogen-bond acceptors (Lipinski definition) is 3. The molecule has 80 valence electrons. The second kappa shape index (κ2) is 3.88. The molecule has 4 nitrogen and oxygen atoms in total. The van der Waals surface area contributed by atoms with Crippen molar-refractivity contribution < 1.29 is 4.52 Å². The van der Waals surface area contributed by atoms with Gasteiger partial charge in [0.2, 0.25) is 0 Å². The molecule has 0 amide bonds. The molecule has 2 heterocycles. The minimum atomic E-state index is 0.420. The summed E-state index contributed by atoms with van der Waals surface area (Å²) in [5, 5.41) is 3.86. The van der Waals surface area contributed by atoms with Crippen LogP contribution in [0.15, 0.2) is 23.0 Å². The van der Waals surface area contributed by atoms with E-state index in [0.717, 1.165) is 17.3 Å². The molecule has 0 N–H and O–H groups in total. The largest absolute Gasteiger partial charge is 0.359 e. The van der Waals surface area contributed by atoms with Gasteiger partial charge in [-0.2, -0.15) is 0 Å². The summed E-state index contributed by atoms with van der Waals surface area (Å²) in [5.41, 5.74) is 0.913. The maximum atomic E-state index is 5.17. The van der Waals surface area contributed by atoms with Crippen molar-refractivity contribution in [3.8, 4) is 0 Å². The van der Waals surface area contributed by atoms with Gasteiger partial charge in [-0.15, -0.1) is 0 Å². The van der Waals surface area contributed by atoms with E-state index in [9.17, 15) is 0 Å². The Balaban J connectivity index is 2.20. The minimum Gasteiger partial charge on any atom is -0.359 e. The molecule has 0 spiro atoms. The van der Waals surface area contributed by atoms with Gasteiger partial charge in [0, 0.05) is 24.4 Å². The highest BCUT2D eigenvalue weighted by atomic mass is 16.5. The maximum absolute atomic E-state index is 5.17. The molecule has 2 aromatic heterocycles. The first-order valence-corrected chi connectivity index (χ1v) is 5.10. The molecule has 0 saturated carbocycles. The Labute approximate surface area is 88.9 Å². The van der Waals surface area contributed by atoms with Gasteiger partial charge in [-0.3, -0.25) is 0 Å². The van der Waals surface area contributed by atoms with E-state index in [1.807, 2.05) is 25.4 Å². The lowest BCUT2D eigenvalue weighted by molar-refractivity contribution is 0.371. The Morgan fingerprint density at radius 1 is 1.47 bits per heavy atom. The molecule has 2 rings (SSSR count). The third kappa shape index (κ3) is 2.09. The van der Waals surface area contributed by atoms with E-state index in [0.29, 0.717) is 12.5 Å². The van der Waals surface area contributed by atoms with Gasteiger partial charge in [0.05, 0.1) is 12.2 Å². The topological polar surface area (TPSA) is 43.9 Å². The summed E-state index contributed by atoms with van der Waals surface area (Å²) >= 11 is 0. The average molecular weight is 205 g/mol. The van der Waals surface area contributed by atoms with Crippen molar-refractivity contribution in [1.29, 1.82) is 0 Å². The molecule has 0 fully saturated rings. The summed E-state index contributed by atoms with van der Waals surface area (Å²) in [4.78, 5) is 4.32. The fourth-order valence-corrected chi connectivity index (χ4v) is 1.61. The van der Waals surface area contributed by atoms with Crippen molar-refractivity contribution in [2.75, 3.05) is 0 Å². The van der Waals surface area contributed by atoms with Gasteiger partial charge in [-0.1, -0.05) is 19.0 Å². The molecule has 0 saturated heterocycles. The molecule has 0 atom stereocenters. The zero-order valence-corrected chi connectivity index (χ0v) is 9.27. The van der Waals surface area contributed by atoms with E-state index >= 15 is 0 Å². The second-order valence-corrected chi connectivity index (χ2v) is 4.00. The van der Waals surface area contributed by atoms with Crippen LogP contribution in [0.3, 0.4) is 0 Å². The zero-order valence-electron chi connectivity index (χ0n) is 9.27. The smallest absolute Gasteiger partial charge is 0.156 e. The predicted molar refractivity (Wildman–Crippen MR) is 56.7 cm³/mol. The second-order valence-electron chi connectivity index (χ2n) is 4.00. The van der Waals surface area contributed by atoms with Crippen LogP contribution in [0.2, 0.25) is 0 Å². The first-order chi connectivity index (χ1) is 7.16. The predicted octanol–water partition coefficient (Wildman–Crippen LogP) is 2.35. The van der Waals surface area contributed by atoms with Crippen LogP contribution in [-0.4, -0.2) is 14.7 Å². The molecule has 4 heteroatoms. The molecule has 0 aromatic carbocycles. The van der Waals surface area contributed by atoms with E-state index in [1.165, 1.54) is 0 Å². The highest BCUT2D eigenvalue weighted by molar-refractivity contribution is 5.06. The number of aryl methyl sites for hydroxylation is 1. The van der Waals surface area contributed by atoms with Crippen LogP contribution in [-0.2, 0) is 6.54 Å². The summed E-state index contributed by atoms with van der Waals surface area (Å²) in [6.45, 7) is 6.88. The third-order valence-electron chi connectivity index (χ3n) is 2.27. The van der Waals surface area contributed by atoms with Gasteiger partial charge in [-0.05, 0) is 6.92 Å². The Kier molecular flexibility index (Phi) is 2.58. The van der Waals surface area contributed by atoms with Gasteiger partial charge in [0.1, 0.15) is 5.82 Å². The summed E-state index contributed by atoms with van der Waals surface area (Å²) in [7, 11) is 0. The number of hydrogen-bond donors (Lipinski definition) is 0. The Bertz CT molecular complexity index is 442. The maximum Gasteiger partial charge on any atom is 0.156 e. The lowest BCUT2D eigenvalue weighted by Gasteiger charge is -2.07. The van der Waals surface area contributed by atoms with Crippen LogP contribution in [0.4, 0.5) is 0 Å². The van der Waals surface area contributed by atoms with Crippen molar-refractivity contribution in [2.45, 2.75) is 33.2 Å². The van der Waals surface area contributed by atoms with Crippen molar-refractivity contribution in [3.63, 3.8) is 0 Å². The third-order valence-corrected chi connectivity index (χ3v) is 2.27. The van der Waals surface area contributed by atoms with Gasteiger partial charge < -0.3 is 9.09 Å². The van der Waals surface area contributed by atoms with Crippen molar-refractivity contribution in [1.82, 2.24) is 14.7 Å². The monoisotopic (exact) mass is 205 g/mol. The Hall–Kier alpha value is -1.58. The fourth-order valence-electron chi connectivity index (χ4n) is 1.61. The molecular weight excluding hydrogens is 190 g/mol. The molecule has 0 bridgehead atoms. The molecule has 0 aliphatic heterocycles. The van der Waals surface area contributed by atoms with Crippen LogP contribution < -0.4 is 0 Å². The number of imidazole rings is 1. The van der Waals surface area contributed by atoms with Crippen LogP contribution >= 0.6 is 0 Å². The molecule has 0 aliphatic rings. The van der Waals surface area contributed by atoms with Gasteiger partial charge in [0.15, 0.2) is 5.76 Å². The first kappa shape index (κ1) is 9.96. The molecule has 0 radical (unpaired) electrons. The highest BCUT2D eigenvalue weighted by Gasteiger charge is 2.09. The van der Waals surface area contributed by atoms with Crippen LogP contribution in [0, 0.1) is 6.92 Å². The Morgan fingerprint density at radius 3 is 2.87 bits per heavy atom. The minimum absolute atomic E-state index is 0.420. The van der Waals surface area contributed by atoms with E-state index in [4.69, 9.17) is 4.52 Å². The van der Waals surface area contributed by atoms with Crippen molar-refractivity contribution in [3.05, 3.63) is 35.7 Å². The lowest BCUT2D eigenvalue weighted by atomic mass is 10.2. The summed E-state index contributed by atoms with van der Waals surface area (Å²) in [6.07, 6.45) is 3.78. The lowest BCUT2D eigenvalue weighted by Crippen LogP contribution is -2.05. The average Bonchev–Trinajstić information content (AvgIpc) is 2.75. The van der Waals surface area contributed by atoms with E-state index in [-0.39, 0.29) is 0 Å². The van der Waals surface area contributed by atoms with Crippen LogP contribution in [0.25, 0.3) is 0 Å². The van der Waals surface area contributed by atoms with Gasteiger partial charge >= 0.3 is 0 Å². The standard InChI is InChI=1S/C11H15N3O/c1-8(2)11-12-4-5-14(11)7-10-6-9(3)13-15-10/h4-6,8H,7H2,1-3H3. The van der Waals surface area contributed by atoms with E-state index < -0.39 is 0 Å². The van der Waals surface area contributed by atoms with Crippen LogP contribution in [0.5, 0.6) is 0 Å².